The number of fused-ring (bicyclic) bond motifs is 3. The Morgan fingerprint density at radius 2 is 2.22 bits per heavy atom. The van der Waals surface area contributed by atoms with Crippen LogP contribution in [-0.4, -0.2) is 37.9 Å². The SMILES string of the molecule is C#CCNCC1CCC(c2nnn3cnc4[nH]ccc4c23)CC1. The molecule has 1 aliphatic carbocycles. The van der Waals surface area contributed by atoms with E-state index in [0.717, 1.165) is 47.5 Å². The predicted octanol–water partition coefficient (Wildman–Crippen LogP) is 2.10. The van der Waals surface area contributed by atoms with Gasteiger partial charge in [-0.1, -0.05) is 11.1 Å². The van der Waals surface area contributed by atoms with Crippen LogP contribution in [0.15, 0.2) is 18.6 Å². The summed E-state index contributed by atoms with van der Waals surface area (Å²) >= 11 is 0. The van der Waals surface area contributed by atoms with Crippen LogP contribution in [0.1, 0.15) is 37.3 Å². The Hall–Kier alpha value is -2.39. The fourth-order valence-electron chi connectivity index (χ4n) is 3.68. The number of hydrogen-bond donors (Lipinski definition) is 2. The Morgan fingerprint density at radius 3 is 3.04 bits per heavy atom. The first-order chi connectivity index (χ1) is 11.4. The molecule has 2 N–H and O–H groups in total. The largest absolute Gasteiger partial charge is 0.346 e. The second kappa shape index (κ2) is 6.01. The number of rotatable bonds is 4. The van der Waals surface area contributed by atoms with Gasteiger partial charge in [0.05, 0.1) is 12.2 Å². The molecule has 0 atom stereocenters. The lowest BCUT2D eigenvalue weighted by molar-refractivity contribution is 0.315. The minimum absolute atomic E-state index is 0.483. The second-order valence-electron chi connectivity index (χ2n) is 6.31. The maximum Gasteiger partial charge on any atom is 0.141 e. The maximum atomic E-state index is 5.28. The molecule has 118 valence electrons. The van der Waals surface area contributed by atoms with Gasteiger partial charge in [0.25, 0.3) is 0 Å². The molecule has 0 aliphatic heterocycles. The van der Waals surface area contributed by atoms with Crippen molar-refractivity contribution in [2.24, 2.45) is 5.92 Å². The monoisotopic (exact) mass is 308 g/mol. The van der Waals surface area contributed by atoms with E-state index in [9.17, 15) is 0 Å². The molecule has 0 unspecified atom stereocenters. The topological polar surface area (TPSA) is 70.9 Å². The van der Waals surface area contributed by atoms with Crippen molar-refractivity contribution in [2.45, 2.75) is 31.6 Å². The molecule has 6 nitrogen and oxygen atoms in total. The molecule has 1 fully saturated rings. The van der Waals surface area contributed by atoms with Crippen LogP contribution in [0.5, 0.6) is 0 Å². The average molecular weight is 308 g/mol. The van der Waals surface area contributed by atoms with Gasteiger partial charge in [-0.15, -0.1) is 11.5 Å². The lowest BCUT2D eigenvalue weighted by Gasteiger charge is -2.27. The van der Waals surface area contributed by atoms with Crippen molar-refractivity contribution in [3.63, 3.8) is 0 Å². The number of aromatic amines is 1. The van der Waals surface area contributed by atoms with E-state index >= 15 is 0 Å². The van der Waals surface area contributed by atoms with Crippen LogP contribution in [0.25, 0.3) is 16.6 Å². The Morgan fingerprint density at radius 1 is 1.35 bits per heavy atom. The smallest absolute Gasteiger partial charge is 0.141 e. The van der Waals surface area contributed by atoms with Gasteiger partial charge in [-0.3, -0.25) is 0 Å². The number of nitrogens with zero attached hydrogens (tertiary/aromatic N) is 4. The molecule has 1 aliphatic rings. The van der Waals surface area contributed by atoms with Gasteiger partial charge in [-0.2, -0.15) is 0 Å². The summed E-state index contributed by atoms with van der Waals surface area (Å²) in [5.41, 5.74) is 3.12. The molecule has 0 amide bonds. The molecule has 1 saturated carbocycles. The van der Waals surface area contributed by atoms with Crippen LogP contribution in [0.2, 0.25) is 0 Å². The summed E-state index contributed by atoms with van der Waals surface area (Å²) < 4.78 is 1.80. The van der Waals surface area contributed by atoms with Crippen molar-refractivity contribution in [2.75, 3.05) is 13.1 Å². The highest BCUT2D eigenvalue weighted by molar-refractivity contribution is 5.92. The summed E-state index contributed by atoms with van der Waals surface area (Å²) in [6.45, 7) is 1.68. The van der Waals surface area contributed by atoms with Gasteiger partial charge in [-0.25, -0.2) is 9.50 Å². The standard InChI is InChI=1S/C17H20N6/c1-2-8-18-10-12-3-5-13(6-4-12)15-16-14-7-9-19-17(14)20-11-23(16)22-21-15/h1,7,9,11-13,18-19H,3-6,8,10H2. The van der Waals surface area contributed by atoms with Gasteiger partial charge in [0.2, 0.25) is 0 Å². The van der Waals surface area contributed by atoms with E-state index in [-0.39, 0.29) is 0 Å². The van der Waals surface area contributed by atoms with Gasteiger partial charge < -0.3 is 10.3 Å². The van der Waals surface area contributed by atoms with Gasteiger partial charge in [0.15, 0.2) is 0 Å². The predicted molar refractivity (Wildman–Crippen MR) is 89.0 cm³/mol. The molecule has 6 heteroatoms. The van der Waals surface area contributed by atoms with Crippen molar-refractivity contribution < 1.29 is 0 Å². The zero-order valence-corrected chi connectivity index (χ0v) is 13.0. The van der Waals surface area contributed by atoms with Crippen LogP contribution >= 0.6 is 0 Å². The molecule has 0 bridgehead atoms. The molecular weight excluding hydrogens is 288 g/mol. The summed E-state index contributed by atoms with van der Waals surface area (Å²) in [6.07, 6.45) is 13.7. The lowest BCUT2D eigenvalue weighted by atomic mass is 9.80. The van der Waals surface area contributed by atoms with E-state index in [2.05, 4.69) is 37.6 Å². The third kappa shape index (κ3) is 2.57. The van der Waals surface area contributed by atoms with Crippen molar-refractivity contribution in [3.05, 3.63) is 24.3 Å². The van der Waals surface area contributed by atoms with E-state index in [4.69, 9.17) is 6.42 Å². The fraction of sp³-hybridized carbons (Fsp3) is 0.471. The van der Waals surface area contributed by atoms with Crippen LogP contribution < -0.4 is 5.32 Å². The summed E-state index contributed by atoms with van der Waals surface area (Å²) in [6, 6.07) is 2.06. The van der Waals surface area contributed by atoms with Crippen molar-refractivity contribution in [1.29, 1.82) is 0 Å². The molecule has 3 aromatic rings. The lowest BCUT2D eigenvalue weighted by Crippen LogP contribution is -2.26. The van der Waals surface area contributed by atoms with Crippen molar-refractivity contribution in [3.8, 4) is 12.3 Å². The molecule has 23 heavy (non-hydrogen) atoms. The molecule has 0 spiro atoms. The number of terminal acetylenes is 1. The van der Waals surface area contributed by atoms with E-state index in [0.29, 0.717) is 12.5 Å². The Kier molecular flexibility index (Phi) is 3.72. The quantitative estimate of drug-likeness (QED) is 0.572. The minimum atomic E-state index is 0.483. The highest BCUT2D eigenvalue weighted by atomic mass is 15.4. The van der Waals surface area contributed by atoms with Crippen molar-refractivity contribution in [1.82, 2.24) is 30.1 Å². The molecular formula is C17H20N6. The van der Waals surface area contributed by atoms with Gasteiger partial charge in [0.1, 0.15) is 17.5 Å². The first kappa shape index (κ1) is 14.2. The van der Waals surface area contributed by atoms with Gasteiger partial charge >= 0.3 is 0 Å². The maximum absolute atomic E-state index is 5.28. The minimum Gasteiger partial charge on any atom is -0.346 e. The van der Waals surface area contributed by atoms with E-state index in [1.807, 2.05) is 6.20 Å². The Bertz CT molecular complexity index is 847. The number of nitrogens with one attached hydrogen (secondary N) is 2. The zero-order valence-electron chi connectivity index (χ0n) is 13.0. The molecule has 4 rings (SSSR count). The molecule has 0 saturated heterocycles. The normalized spacial score (nSPS) is 21.7. The van der Waals surface area contributed by atoms with Crippen LogP contribution in [0.3, 0.4) is 0 Å². The Balaban J connectivity index is 1.54. The van der Waals surface area contributed by atoms with Gasteiger partial charge in [-0.05, 0) is 44.2 Å². The summed E-state index contributed by atoms with van der Waals surface area (Å²) in [5.74, 6) is 3.83. The fourth-order valence-corrected chi connectivity index (χ4v) is 3.68. The summed E-state index contributed by atoms with van der Waals surface area (Å²) in [4.78, 5) is 7.53. The van der Waals surface area contributed by atoms with E-state index in [1.165, 1.54) is 12.8 Å². The van der Waals surface area contributed by atoms with E-state index in [1.54, 1.807) is 10.8 Å². The van der Waals surface area contributed by atoms with Gasteiger partial charge in [0, 0.05) is 17.5 Å². The first-order valence-corrected chi connectivity index (χ1v) is 8.18. The summed E-state index contributed by atoms with van der Waals surface area (Å²) in [7, 11) is 0. The zero-order chi connectivity index (χ0) is 15.6. The first-order valence-electron chi connectivity index (χ1n) is 8.18. The second-order valence-corrected chi connectivity index (χ2v) is 6.31. The summed E-state index contributed by atoms with van der Waals surface area (Å²) in [5, 5.41) is 13.2. The molecule has 0 radical (unpaired) electrons. The third-order valence-corrected chi connectivity index (χ3v) is 4.89. The molecule has 3 aromatic heterocycles. The highest BCUT2D eigenvalue weighted by Gasteiger charge is 2.26. The van der Waals surface area contributed by atoms with E-state index < -0.39 is 0 Å². The number of aromatic nitrogens is 5. The van der Waals surface area contributed by atoms with Crippen molar-refractivity contribution >= 4 is 16.6 Å². The van der Waals surface area contributed by atoms with Crippen LogP contribution in [0, 0.1) is 18.3 Å². The number of hydrogen-bond acceptors (Lipinski definition) is 4. The van der Waals surface area contributed by atoms with Crippen LogP contribution in [-0.2, 0) is 0 Å². The molecule has 0 aromatic carbocycles. The third-order valence-electron chi connectivity index (χ3n) is 4.89. The Labute approximate surface area is 134 Å². The average Bonchev–Trinajstić information content (AvgIpc) is 3.21. The highest BCUT2D eigenvalue weighted by Crippen LogP contribution is 2.37. The molecule has 3 heterocycles. The van der Waals surface area contributed by atoms with Crippen LogP contribution in [0.4, 0.5) is 0 Å². The number of H-pyrrole nitrogens is 1.